The Balaban J connectivity index is 2.26. The second-order valence-corrected chi connectivity index (χ2v) is 3.12. The molecule has 1 heterocycles. The lowest BCUT2D eigenvalue weighted by molar-refractivity contribution is -0.149. The Hall–Kier alpha value is -0.290. The van der Waals surface area contributed by atoms with E-state index in [1.807, 2.05) is 0 Å². The summed E-state index contributed by atoms with van der Waals surface area (Å²) in [5.41, 5.74) is 0. The highest BCUT2D eigenvalue weighted by Crippen LogP contribution is 2.19. The van der Waals surface area contributed by atoms with Gasteiger partial charge in [0.2, 0.25) is 0 Å². The van der Waals surface area contributed by atoms with Crippen LogP contribution < -0.4 is 0 Å². The second kappa shape index (κ2) is 3.62. The lowest BCUT2D eigenvalue weighted by atomic mass is 10.1. The molecule has 5 heteroatoms. The maximum absolute atomic E-state index is 11.8. The van der Waals surface area contributed by atoms with Gasteiger partial charge in [-0.3, -0.25) is 4.90 Å². The van der Waals surface area contributed by atoms with Crippen molar-refractivity contribution in [2.24, 2.45) is 0 Å². The zero-order chi connectivity index (χ0) is 9.19. The number of hydrogen-bond donors (Lipinski definition) is 1. The number of aliphatic hydroxyl groups is 1. The van der Waals surface area contributed by atoms with Gasteiger partial charge in [-0.1, -0.05) is 0 Å². The zero-order valence-electron chi connectivity index (χ0n) is 6.64. The van der Waals surface area contributed by atoms with E-state index in [-0.39, 0.29) is 0 Å². The molecular weight excluding hydrogens is 171 g/mol. The van der Waals surface area contributed by atoms with Gasteiger partial charge >= 0.3 is 6.18 Å². The van der Waals surface area contributed by atoms with Gasteiger partial charge < -0.3 is 5.11 Å². The fraction of sp³-hybridized carbons (Fsp3) is 1.00. The summed E-state index contributed by atoms with van der Waals surface area (Å²) in [6.45, 7) is -0.152. The molecule has 0 aromatic carbocycles. The topological polar surface area (TPSA) is 23.5 Å². The number of piperidine rings is 1. The third-order valence-corrected chi connectivity index (χ3v) is 1.96. The van der Waals surface area contributed by atoms with Gasteiger partial charge in [-0.2, -0.15) is 13.2 Å². The molecule has 1 rings (SSSR count). The van der Waals surface area contributed by atoms with Crippen molar-refractivity contribution in [2.75, 3.05) is 19.6 Å². The summed E-state index contributed by atoms with van der Waals surface area (Å²) >= 11 is 0. The van der Waals surface area contributed by atoms with Crippen LogP contribution in [0.15, 0.2) is 0 Å². The SMILES string of the molecule is OC1CCN(CC(F)(F)F)CC1. The van der Waals surface area contributed by atoms with Crippen LogP contribution in [-0.4, -0.2) is 41.9 Å². The number of rotatable bonds is 1. The average molecular weight is 183 g/mol. The number of alkyl halides is 3. The van der Waals surface area contributed by atoms with E-state index < -0.39 is 18.8 Å². The summed E-state index contributed by atoms with van der Waals surface area (Å²) in [6.07, 6.45) is -3.61. The van der Waals surface area contributed by atoms with Crippen molar-refractivity contribution < 1.29 is 18.3 Å². The fourth-order valence-corrected chi connectivity index (χ4v) is 1.33. The molecule has 1 saturated heterocycles. The van der Waals surface area contributed by atoms with Gasteiger partial charge in [-0.05, 0) is 12.8 Å². The van der Waals surface area contributed by atoms with Gasteiger partial charge in [-0.15, -0.1) is 0 Å². The second-order valence-electron chi connectivity index (χ2n) is 3.12. The fourth-order valence-electron chi connectivity index (χ4n) is 1.33. The van der Waals surface area contributed by atoms with Gasteiger partial charge in [0, 0.05) is 13.1 Å². The highest BCUT2D eigenvalue weighted by atomic mass is 19.4. The van der Waals surface area contributed by atoms with E-state index in [9.17, 15) is 13.2 Å². The number of halogens is 3. The highest BCUT2D eigenvalue weighted by Gasteiger charge is 2.32. The largest absolute Gasteiger partial charge is 0.401 e. The van der Waals surface area contributed by atoms with Crippen LogP contribution in [0.5, 0.6) is 0 Å². The maximum Gasteiger partial charge on any atom is 0.401 e. The first kappa shape index (κ1) is 9.80. The first-order chi connectivity index (χ1) is 5.47. The van der Waals surface area contributed by atoms with E-state index in [0.29, 0.717) is 25.9 Å². The lowest BCUT2D eigenvalue weighted by Crippen LogP contribution is -2.41. The Morgan fingerprint density at radius 3 is 2.17 bits per heavy atom. The molecule has 0 bridgehead atoms. The van der Waals surface area contributed by atoms with Crippen molar-refractivity contribution in [3.8, 4) is 0 Å². The van der Waals surface area contributed by atoms with Crippen molar-refractivity contribution in [1.82, 2.24) is 4.90 Å². The van der Waals surface area contributed by atoms with Crippen LogP contribution in [0, 0.1) is 0 Å². The summed E-state index contributed by atoms with van der Waals surface area (Å²) in [5, 5.41) is 9.02. The predicted molar refractivity (Wildman–Crippen MR) is 37.7 cm³/mol. The highest BCUT2D eigenvalue weighted by molar-refractivity contribution is 4.72. The molecule has 0 aromatic heterocycles. The first-order valence-electron chi connectivity index (χ1n) is 3.94. The van der Waals surface area contributed by atoms with Crippen LogP contribution in [0.2, 0.25) is 0 Å². The first-order valence-corrected chi connectivity index (χ1v) is 3.94. The van der Waals surface area contributed by atoms with Gasteiger partial charge in [-0.25, -0.2) is 0 Å². The summed E-state index contributed by atoms with van der Waals surface area (Å²) in [4.78, 5) is 1.33. The molecule has 0 saturated carbocycles. The normalized spacial score (nSPS) is 23.0. The third-order valence-electron chi connectivity index (χ3n) is 1.96. The van der Waals surface area contributed by atoms with E-state index in [1.54, 1.807) is 0 Å². The molecule has 0 aliphatic carbocycles. The van der Waals surface area contributed by atoms with Crippen molar-refractivity contribution in [2.45, 2.75) is 25.1 Å². The maximum atomic E-state index is 11.8. The molecule has 0 spiro atoms. The third kappa shape index (κ3) is 3.40. The molecule has 0 aromatic rings. The van der Waals surface area contributed by atoms with Gasteiger partial charge in [0.05, 0.1) is 12.6 Å². The lowest BCUT2D eigenvalue weighted by Gasteiger charge is -2.29. The Kier molecular flexibility index (Phi) is 2.95. The van der Waals surface area contributed by atoms with Gasteiger partial charge in [0.15, 0.2) is 0 Å². The van der Waals surface area contributed by atoms with E-state index in [2.05, 4.69) is 0 Å². The van der Waals surface area contributed by atoms with Gasteiger partial charge in [0.25, 0.3) is 0 Å². The van der Waals surface area contributed by atoms with Crippen molar-refractivity contribution in [3.63, 3.8) is 0 Å². The molecule has 0 atom stereocenters. The summed E-state index contributed by atoms with van der Waals surface area (Å²) in [6, 6.07) is 0. The van der Waals surface area contributed by atoms with Crippen LogP contribution in [0.1, 0.15) is 12.8 Å². The molecule has 0 unspecified atom stereocenters. The Labute approximate surface area is 69.0 Å². The molecular formula is C7H12F3NO. The van der Waals surface area contributed by atoms with E-state index >= 15 is 0 Å². The Morgan fingerprint density at radius 1 is 1.25 bits per heavy atom. The van der Waals surface area contributed by atoms with Crippen LogP contribution in [0.4, 0.5) is 13.2 Å². The van der Waals surface area contributed by atoms with Gasteiger partial charge in [0.1, 0.15) is 0 Å². The van der Waals surface area contributed by atoms with Crippen molar-refractivity contribution in [3.05, 3.63) is 0 Å². The van der Waals surface area contributed by atoms with Crippen LogP contribution in [-0.2, 0) is 0 Å². The van der Waals surface area contributed by atoms with E-state index in [1.165, 1.54) is 4.90 Å². The minimum Gasteiger partial charge on any atom is -0.393 e. The van der Waals surface area contributed by atoms with Crippen LogP contribution >= 0.6 is 0 Å². The number of aliphatic hydroxyl groups excluding tert-OH is 1. The zero-order valence-corrected chi connectivity index (χ0v) is 6.64. The summed E-state index contributed by atoms with van der Waals surface area (Å²) in [5.74, 6) is 0. The number of hydrogen-bond acceptors (Lipinski definition) is 2. The molecule has 0 amide bonds. The summed E-state index contributed by atoms with van der Waals surface area (Å²) in [7, 11) is 0. The van der Waals surface area contributed by atoms with E-state index in [4.69, 9.17) is 5.11 Å². The molecule has 2 nitrogen and oxygen atoms in total. The smallest absolute Gasteiger partial charge is 0.393 e. The molecule has 12 heavy (non-hydrogen) atoms. The quantitative estimate of drug-likeness (QED) is 0.655. The monoisotopic (exact) mass is 183 g/mol. The predicted octanol–water partition coefficient (Wildman–Crippen LogP) is 1.01. The van der Waals surface area contributed by atoms with Crippen molar-refractivity contribution >= 4 is 0 Å². The molecule has 1 fully saturated rings. The number of nitrogens with zero attached hydrogens (tertiary/aromatic N) is 1. The molecule has 1 aliphatic heterocycles. The molecule has 0 radical (unpaired) electrons. The van der Waals surface area contributed by atoms with Crippen molar-refractivity contribution in [1.29, 1.82) is 0 Å². The minimum atomic E-state index is -4.11. The minimum absolute atomic E-state index is 0.348. The summed E-state index contributed by atoms with van der Waals surface area (Å²) < 4.78 is 35.5. The Morgan fingerprint density at radius 2 is 1.75 bits per heavy atom. The van der Waals surface area contributed by atoms with Crippen LogP contribution in [0.3, 0.4) is 0 Å². The molecule has 1 N–H and O–H groups in total. The average Bonchev–Trinajstić information content (AvgIpc) is 1.91. The van der Waals surface area contributed by atoms with E-state index in [0.717, 1.165) is 0 Å². The Bertz CT molecular complexity index is 140. The standard InChI is InChI=1S/C7H12F3NO/c8-7(9,10)5-11-3-1-6(12)2-4-11/h6,12H,1-5H2. The molecule has 1 aliphatic rings. The number of likely N-dealkylation sites (tertiary alicyclic amines) is 1. The molecule has 72 valence electrons. The van der Waals surface area contributed by atoms with Crippen LogP contribution in [0.25, 0.3) is 0 Å².